The van der Waals surface area contributed by atoms with E-state index >= 15 is 0 Å². The standard InChI is InChI=1S/C15H26N2O/c1-5-13(18)16-9-6-15(12-16)7-10-17(11-8-15)14(2,3)4/h5H,1,6-12H2,2-4H3. The van der Waals surface area contributed by atoms with Gasteiger partial charge in [0.05, 0.1) is 0 Å². The van der Waals surface area contributed by atoms with Gasteiger partial charge in [0.1, 0.15) is 0 Å². The normalized spacial score (nSPS) is 24.5. The molecule has 0 atom stereocenters. The van der Waals surface area contributed by atoms with Crippen LogP contribution in [0.25, 0.3) is 0 Å². The van der Waals surface area contributed by atoms with Gasteiger partial charge in [0, 0.05) is 18.6 Å². The summed E-state index contributed by atoms with van der Waals surface area (Å²) in [5, 5.41) is 0. The van der Waals surface area contributed by atoms with Crippen LogP contribution in [0.4, 0.5) is 0 Å². The lowest BCUT2D eigenvalue weighted by atomic mass is 9.77. The first kappa shape index (κ1) is 13.6. The fraction of sp³-hybridized carbons (Fsp3) is 0.800. The van der Waals surface area contributed by atoms with Crippen LogP contribution < -0.4 is 0 Å². The highest BCUT2D eigenvalue weighted by Gasteiger charge is 2.42. The Kier molecular flexibility index (Phi) is 3.54. The monoisotopic (exact) mass is 250 g/mol. The van der Waals surface area contributed by atoms with E-state index in [1.807, 2.05) is 4.90 Å². The Morgan fingerprint density at radius 1 is 1.17 bits per heavy atom. The van der Waals surface area contributed by atoms with E-state index in [1.54, 1.807) is 0 Å². The summed E-state index contributed by atoms with van der Waals surface area (Å²) < 4.78 is 0. The van der Waals surface area contributed by atoms with E-state index in [0.717, 1.165) is 13.1 Å². The smallest absolute Gasteiger partial charge is 0.245 e. The molecule has 2 fully saturated rings. The molecule has 0 N–H and O–H groups in total. The third-order valence-corrected chi connectivity index (χ3v) is 4.70. The molecule has 3 heteroatoms. The molecule has 0 aromatic rings. The Labute approximate surface area is 111 Å². The van der Waals surface area contributed by atoms with Crippen LogP contribution in [-0.2, 0) is 4.79 Å². The third kappa shape index (κ3) is 2.61. The molecule has 3 nitrogen and oxygen atoms in total. The van der Waals surface area contributed by atoms with Gasteiger partial charge in [0.2, 0.25) is 5.91 Å². The fourth-order valence-electron chi connectivity index (χ4n) is 3.31. The van der Waals surface area contributed by atoms with Crippen molar-refractivity contribution in [3.05, 3.63) is 12.7 Å². The lowest BCUT2D eigenvalue weighted by molar-refractivity contribution is -0.125. The molecule has 0 aromatic carbocycles. The van der Waals surface area contributed by atoms with Gasteiger partial charge >= 0.3 is 0 Å². The number of nitrogens with zero attached hydrogens (tertiary/aromatic N) is 2. The maximum Gasteiger partial charge on any atom is 0.245 e. The zero-order valence-corrected chi connectivity index (χ0v) is 12.0. The predicted octanol–water partition coefficient (Wildman–Crippen LogP) is 2.29. The number of hydrogen-bond donors (Lipinski definition) is 0. The van der Waals surface area contributed by atoms with Crippen molar-refractivity contribution < 1.29 is 4.79 Å². The van der Waals surface area contributed by atoms with Crippen LogP contribution in [0.3, 0.4) is 0 Å². The zero-order valence-electron chi connectivity index (χ0n) is 12.0. The zero-order chi connectivity index (χ0) is 13.4. The van der Waals surface area contributed by atoms with Gasteiger partial charge in [-0.15, -0.1) is 0 Å². The second-order valence-electron chi connectivity index (χ2n) is 6.87. The van der Waals surface area contributed by atoms with Crippen molar-refractivity contribution in [1.29, 1.82) is 0 Å². The fourth-order valence-corrected chi connectivity index (χ4v) is 3.31. The molecular weight excluding hydrogens is 224 g/mol. The second-order valence-corrected chi connectivity index (χ2v) is 6.87. The number of rotatable bonds is 1. The maximum atomic E-state index is 11.7. The summed E-state index contributed by atoms with van der Waals surface area (Å²) in [5.74, 6) is 0.102. The van der Waals surface area contributed by atoms with Crippen molar-refractivity contribution in [2.75, 3.05) is 26.2 Å². The van der Waals surface area contributed by atoms with Crippen LogP contribution in [0.1, 0.15) is 40.0 Å². The highest BCUT2D eigenvalue weighted by molar-refractivity contribution is 5.87. The summed E-state index contributed by atoms with van der Waals surface area (Å²) in [6.07, 6.45) is 5.07. The molecule has 0 bridgehead atoms. The van der Waals surface area contributed by atoms with Crippen LogP contribution in [-0.4, -0.2) is 47.4 Å². The minimum atomic E-state index is 0.102. The van der Waals surface area contributed by atoms with E-state index in [1.165, 1.54) is 38.4 Å². The Bertz CT molecular complexity index is 335. The average Bonchev–Trinajstić information content (AvgIpc) is 2.72. The SMILES string of the molecule is C=CC(=O)N1CCC2(CCN(C(C)(C)C)CC2)C1. The molecule has 0 saturated carbocycles. The Balaban J connectivity index is 1.94. The number of hydrogen-bond acceptors (Lipinski definition) is 2. The van der Waals surface area contributed by atoms with Gasteiger partial charge in [0.25, 0.3) is 0 Å². The van der Waals surface area contributed by atoms with Crippen LogP contribution in [0.5, 0.6) is 0 Å². The van der Waals surface area contributed by atoms with Crippen LogP contribution in [0, 0.1) is 5.41 Å². The van der Waals surface area contributed by atoms with Gasteiger partial charge < -0.3 is 4.90 Å². The van der Waals surface area contributed by atoms with E-state index in [4.69, 9.17) is 0 Å². The topological polar surface area (TPSA) is 23.6 Å². The van der Waals surface area contributed by atoms with Gasteiger partial charge in [0.15, 0.2) is 0 Å². The summed E-state index contributed by atoms with van der Waals surface area (Å²) in [6.45, 7) is 14.6. The number of carbonyl (C=O) groups excluding carboxylic acids is 1. The molecule has 2 saturated heterocycles. The lowest BCUT2D eigenvalue weighted by Crippen LogP contribution is -2.49. The summed E-state index contributed by atoms with van der Waals surface area (Å²) >= 11 is 0. The molecular formula is C15H26N2O. The van der Waals surface area contributed by atoms with E-state index < -0.39 is 0 Å². The molecule has 2 heterocycles. The summed E-state index contributed by atoms with van der Waals surface area (Å²) in [7, 11) is 0. The second kappa shape index (κ2) is 4.69. The molecule has 0 aliphatic carbocycles. The van der Waals surface area contributed by atoms with Gasteiger partial charge in [-0.1, -0.05) is 6.58 Å². The van der Waals surface area contributed by atoms with Crippen molar-refractivity contribution in [2.24, 2.45) is 5.41 Å². The molecule has 2 aliphatic rings. The number of amides is 1. The maximum absolute atomic E-state index is 11.7. The first-order chi connectivity index (χ1) is 8.36. The molecule has 2 rings (SSSR count). The third-order valence-electron chi connectivity index (χ3n) is 4.70. The van der Waals surface area contributed by atoms with Crippen LogP contribution in [0.15, 0.2) is 12.7 Å². The van der Waals surface area contributed by atoms with Gasteiger partial charge in [-0.2, -0.15) is 0 Å². The highest BCUT2D eigenvalue weighted by Crippen LogP contribution is 2.41. The Hall–Kier alpha value is -0.830. The number of piperidine rings is 1. The van der Waals surface area contributed by atoms with Crippen molar-refractivity contribution in [3.8, 4) is 0 Å². The molecule has 0 unspecified atom stereocenters. The molecule has 1 spiro atoms. The molecule has 0 aromatic heterocycles. The van der Waals surface area contributed by atoms with Crippen molar-refractivity contribution in [3.63, 3.8) is 0 Å². The minimum Gasteiger partial charge on any atom is -0.339 e. The van der Waals surface area contributed by atoms with Crippen molar-refractivity contribution in [2.45, 2.75) is 45.6 Å². The Morgan fingerprint density at radius 2 is 1.72 bits per heavy atom. The van der Waals surface area contributed by atoms with Crippen molar-refractivity contribution in [1.82, 2.24) is 9.80 Å². The highest BCUT2D eigenvalue weighted by atomic mass is 16.2. The van der Waals surface area contributed by atoms with Gasteiger partial charge in [-0.05, 0) is 64.6 Å². The van der Waals surface area contributed by atoms with E-state index in [9.17, 15) is 4.79 Å². The number of carbonyl (C=O) groups is 1. The van der Waals surface area contributed by atoms with E-state index in [2.05, 4.69) is 32.3 Å². The van der Waals surface area contributed by atoms with E-state index in [-0.39, 0.29) is 11.4 Å². The van der Waals surface area contributed by atoms with Crippen LogP contribution >= 0.6 is 0 Å². The molecule has 0 radical (unpaired) electrons. The number of likely N-dealkylation sites (tertiary alicyclic amines) is 2. The van der Waals surface area contributed by atoms with Gasteiger partial charge in [-0.3, -0.25) is 9.69 Å². The molecule has 18 heavy (non-hydrogen) atoms. The minimum absolute atomic E-state index is 0.102. The van der Waals surface area contributed by atoms with E-state index in [0.29, 0.717) is 5.41 Å². The predicted molar refractivity (Wildman–Crippen MR) is 74.4 cm³/mol. The first-order valence-electron chi connectivity index (χ1n) is 7.03. The molecule has 102 valence electrons. The largest absolute Gasteiger partial charge is 0.339 e. The molecule has 2 aliphatic heterocycles. The summed E-state index contributed by atoms with van der Waals surface area (Å²) in [4.78, 5) is 16.2. The van der Waals surface area contributed by atoms with Gasteiger partial charge in [-0.25, -0.2) is 0 Å². The van der Waals surface area contributed by atoms with Crippen LogP contribution in [0.2, 0.25) is 0 Å². The first-order valence-corrected chi connectivity index (χ1v) is 7.03. The Morgan fingerprint density at radius 3 is 2.22 bits per heavy atom. The van der Waals surface area contributed by atoms with Crippen molar-refractivity contribution >= 4 is 5.91 Å². The lowest BCUT2D eigenvalue weighted by Gasteiger charge is -2.45. The summed E-state index contributed by atoms with van der Waals surface area (Å²) in [6, 6.07) is 0. The summed E-state index contributed by atoms with van der Waals surface area (Å²) in [5.41, 5.74) is 0.664. The quantitative estimate of drug-likeness (QED) is 0.667. The average molecular weight is 250 g/mol. The molecule has 1 amide bonds.